The minimum Gasteiger partial charge on any atom is -0.449 e. The van der Waals surface area contributed by atoms with Crippen LogP contribution in [0.1, 0.15) is 30.6 Å². The van der Waals surface area contributed by atoms with Crippen molar-refractivity contribution in [3.63, 3.8) is 0 Å². The van der Waals surface area contributed by atoms with Crippen LogP contribution in [-0.2, 0) is 4.74 Å². The van der Waals surface area contributed by atoms with Crippen molar-refractivity contribution in [1.29, 1.82) is 0 Å². The minimum absolute atomic E-state index is 0.122. The second-order valence-corrected chi connectivity index (χ2v) is 8.56. The van der Waals surface area contributed by atoms with E-state index >= 15 is 0 Å². The van der Waals surface area contributed by atoms with Gasteiger partial charge in [0.2, 0.25) is 0 Å². The van der Waals surface area contributed by atoms with Crippen LogP contribution in [0.5, 0.6) is 0 Å². The SMILES string of the molecule is CC(COC(=O)N1CCCC1)C(Sc1ccc(Cl)cc1)c1cc(F)ccc1F. The van der Waals surface area contributed by atoms with Gasteiger partial charge in [-0.2, -0.15) is 0 Å². The van der Waals surface area contributed by atoms with Gasteiger partial charge in [0.05, 0.1) is 6.61 Å². The van der Waals surface area contributed by atoms with Gasteiger partial charge in [0.1, 0.15) is 11.6 Å². The van der Waals surface area contributed by atoms with E-state index in [0.29, 0.717) is 18.1 Å². The summed E-state index contributed by atoms with van der Waals surface area (Å²) in [5, 5.41) is 0.175. The van der Waals surface area contributed by atoms with E-state index in [1.54, 1.807) is 17.0 Å². The zero-order valence-electron chi connectivity index (χ0n) is 15.5. The van der Waals surface area contributed by atoms with Crippen LogP contribution in [0.3, 0.4) is 0 Å². The van der Waals surface area contributed by atoms with Gasteiger partial charge in [-0.15, -0.1) is 11.8 Å². The van der Waals surface area contributed by atoms with Crippen LogP contribution in [-0.4, -0.2) is 30.7 Å². The molecule has 2 aromatic carbocycles. The van der Waals surface area contributed by atoms with Crippen molar-refractivity contribution in [3.8, 4) is 0 Å². The van der Waals surface area contributed by atoms with Gasteiger partial charge in [0.25, 0.3) is 0 Å². The fourth-order valence-corrected chi connectivity index (χ4v) is 4.49. The van der Waals surface area contributed by atoms with Crippen LogP contribution in [0.15, 0.2) is 47.4 Å². The Labute approximate surface area is 173 Å². The molecule has 1 heterocycles. The summed E-state index contributed by atoms with van der Waals surface area (Å²) in [5.41, 5.74) is 0.254. The van der Waals surface area contributed by atoms with Gasteiger partial charge in [-0.05, 0) is 55.3 Å². The van der Waals surface area contributed by atoms with E-state index in [2.05, 4.69) is 0 Å². The number of likely N-dealkylation sites (tertiary alicyclic amines) is 1. The number of halogens is 3. The topological polar surface area (TPSA) is 29.5 Å². The van der Waals surface area contributed by atoms with Gasteiger partial charge in [-0.25, -0.2) is 13.6 Å². The third-order valence-electron chi connectivity index (χ3n) is 4.69. The first-order valence-electron chi connectivity index (χ1n) is 9.23. The van der Waals surface area contributed by atoms with Crippen molar-refractivity contribution in [1.82, 2.24) is 4.90 Å². The summed E-state index contributed by atoms with van der Waals surface area (Å²) in [7, 11) is 0. The normalized spacial score (nSPS) is 16.1. The highest BCUT2D eigenvalue weighted by molar-refractivity contribution is 7.99. The van der Waals surface area contributed by atoms with Gasteiger partial charge >= 0.3 is 6.09 Å². The third kappa shape index (κ3) is 5.39. The van der Waals surface area contributed by atoms with Crippen LogP contribution in [0.25, 0.3) is 0 Å². The second kappa shape index (κ2) is 9.61. The summed E-state index contributed by atoms with van der Waals surface area (Å²) in [6, 6.07) is 10.6. The summed E-state index contributed by atoms with van der Waals surface area (Å²) in [6.07, 6.45) is 1.61. The summed E-state index contributed by atoms with van der Waals surface area (Å²) in [4.78, 5) is 14.7. The Morgan fingerprint density at radius 3 is 2.54 bits per heavy atom. The van der Waals surface area contributed by atoms with Crippen LogP contribution in [0.2, 0.25) is 5.02 Å². The molecule has 1 amide bonds. The molecule has 3 rings (SSSR count). The molecule has 7 heteroatoms. The molecule has 1 aliphatic rings. The molecule has 2 atom stereocenters. The molecule has 0 N–H and O–H groups in total. The second-order valence-electron chi connectivity index (χ2n) is 6.91. The van der Waals surface area contributed by atoms with E-state index in [4.69, 9.17) is 16.3 Å². The zero-order chi connectivity index (χ0) is 20.1. The molecular weight excluding hydrogens is 404 g/mol. The molecule has 2 unspecified atom stereocenters. The van der Waals surface area contributed by atoms with Crippen LogP contribution < -0.4 is 0 Å². The number of ether oxygens (including phenoxy) is 1. The Balaban J connectivity index is 1.77. The molecule has 0 aromatic heterocycles. The lowest BCUT2D eigenvalue weighted by Crippen LogP contribution is -2.30. The highest BCUT2D eigenvalue weighted by Crippen LogP contribution is 2.42. The molecule has 28 heavy (non-hydrogen) atoms. The summed E-state index contributed by atoms with van der Waals surface area (Å²) >= 11 is 7.33. The van der Waals surface area contributed by atoms with E-state index in [-0.39, 0.29) is 24.2 Å². The number of nitrogens with zero attached hydrogens (tertiary/aromatic N) is 1. The van der Waals surface area contributed by atoms with Gasteiger partial charge in [0, 0.05) is 39.7 Å². The Bertz CT molecular complexity index is 813. The molecule has 3 nitrogen and oxygen atoms in total. The highest BCUT2D eigenvalue weighted by atomic mass is 35.5. The molecule has 0 spiro atoms. The number of rotatable bonds is 6. The smallest absolute Gasteiger partial charge is 0.409 e. The number of hydrogen-bond donors (Lipinski definition) is 0. The number of carbonyl (C=O) groups excluding carboxylic acids is 1. The lowest BCUT2D eigenvalue weighted by atomic mass is 10.0. The third-order valence-corrected chi connectivity index (χ3v) is 6.46. The first-order valence-corrected chi connectivity index (χ1v) is 10.5. The average Bonchev–Trinajstić information content (AvgIpc) is 3.22. The van der Waals surface area contributed by atoms with Gasteiger partial charge in [-0.3, -0.25) is 0 Å². The van der Waals surface area contributed by atoms with E-state index in [9.17, 15) is 13.6 Å². The number of thioether (sulfide) groups is 1. The Hall–Kier alpha value is -1.79. The Morgan fingerprint density at radius 1 is 1.18 bits per heavy atom. The minimum atomic E-state index is -0.501. The monoisotopic (exact) mass is 425 g/mol. The molecule has 0 bridgehead atoms. The largest absolute Gasteiger partial charge is 0.449 e. The first-order chi connectivity index (χ1) is 13.4. The van der Waals surface area contributed by atoms with Gasteiger partial charge in [0.15, 0.2) is 0 Å². The van der Waals surface area contributed by atoms with Crippen molar-refractivity contribution >= 4 is 29.5 Å². The highest BCUT2D eigenvalue weighted by Gasteiger charge is 2.27. The van der Waals surface area contributed by atoms with E-state index in [1.807, 2.05) is 19.1 Å². The summed E-state index contributed by atoms with van der Waals surface area (Å²) in [5.74, 6) is -1.21. The number of hydrogen-bond acceptors (Lipinski definition) is 3. The summed E-state index contributed by atoms with van der Waals surface area (Å²) in [6.45, 7) is 3.40. The summed E-state index contributed by atoms with van der Waals surface area (Å²) < 4.78 is 33.7. The molecule has 1 aliphatic heterocycles. The Kier molecular flexibility index (Phi) is 7.18. The maximum absolute atomic E-state index is 14.5. The molecule has 150 valence electrons. The molecule has 1 saturated heterocycles. The molecule has 0 saturated carbocycles. The first kappa shape index (κ1) is 20.9. The van der Waals surface area contributed by atoms with E-state index < -0.39 is 16.9 Å². The predicted molar refractivity (Wildman–Crippen MR) is 108 cm³/mol. The van der Waals surface area contributed by atoms with E-state index in [1.165, 1.54) is 17.8 Å². The molecule has 2 aromatic rings. The van der Waals surface area contributed by atoms with Gasteiger partial charge < -0.3 is 9.64 Å². The molecule has 0 aliphatic carbocycles. The lowest BCUT2D eigenvalue weighted by Gasteiger charge is -2.25. The molecule has 1 fully saturated rings. The predicted octanol–water partition coefficient (Wildman–Crippen LogP) is 6.32. The fourth-order valence-electron chi connectivity index (χ4n) is 3.16. The fraction of sp³-hybridized carbons (Fsp3) is 0.381. The molecular formula is C21H22ClF2NO2S. The average molecular weight is 426 g/mol. The standard InChI is InChI=1S/C21H22ClF2NO2S/c1-14(13-27-21(26)25-10-2-3-11-25)20(18-12-16(23)6-9-19(18)24)28-17-7-4-15(22)5-8-17/h4-9,12,14,20H,2-3,10-11,13H2,1H3. The van der Waals surface area contributed by atoms with Crippen molar-refractivity contribution in [2.45, 2.75) is 29.9 Å². The van der Waals surface area contributed by atoms with Crippen LogP contribution in [0.4, 0.5) is 13.6 Å². The van der Waals surface area contributed by atoms with Crippen molar-refractivity contribution in [2.24, 2.45) is 5.92 Å². The number of carbonyl (C=O) groups is 1. The van der Waals surface area contributed by atoms with Crippen molar-refractivity contribution in [2.75, 3.05) is 19.7 Å². The zero-order valence-corrected chi connectivity index (χ0v) is 17.1. The number of amides is 1. The van der Waals surface area contributed by atoms with Crippen LogP contribution in [0, 0.1) is 17.6 Å². The Morgan fingerprint density at radius 2 is 1.86 bits per heavy atom. The maximum atomic E-state index is 14.5. The van der Waals surface area contributed by atoms with Crippen molar-refractivity contribution in [3.05, 3.63) is 64.7 Å². The van der Waals surface area contributed by atoms with E-state index in [0.717, 1.165) is 29.9 Å². The maximum Gasteiger partial charge on any atom is 0.409 e. The lowest BCUT2D eigenvalue weighted by molar-refractivity contribution is 0.0965. The molecule has 0 radical (unpaired) electrons. The quantitative estimate of drug-likeness (QED) is 0.507. The van der Waals surface area contributed by atoms with Crippen LogP contribution >= 0.6 is 23.4 Å². The van der Waals surface area contributed by atoms with Gasteiger partial charge in [-0.1, -0.05) is 18.5 Å². The van der Waals surface area contributed by atoms with Crippen molar-refractivity contribution < 1.29 is 18.3 Å². The number of benzene rings is 2.